The largest absolute Gasteiger partial charge is 0.468 e. The normalized spacial score (nSPS) is 10.1. The standard InChI is InChI=1S/C7H9ClN2O2S2/c1-12-6(11)4-13-7-9-2-5(14-7)3-10-8/h2,10H,3-4H2,1H3. The molecule has 4 nitrogen and oxygen atoms in total. The molecule has 1 N–H and O–H groups in total. The van der Waals surface area contributed by atoms with E-state index >= 15 is 0 Å². The highest BCUT2D eigenvalue weighted by Crippen LogP contribution is 2.24. The second-order valence-corrected chi connectivity index (χ2v) is 4.87. The molecule has 0 unspecified atom stereocenters. The van der Waals surface area contributed by atoms with Crippen molar-refractivity contribution in [2.75, 3.05) is 12.9 Å². The van der Waals surface area contributed by atoms with Crippen LogP contribution < -0.4 is 4.84 Å². The number of thiazole rings is 1. The minimum absolute atomic E-state index is 0.248. The Labute approximate surface area is 95.1 Å². The van der Waals surface area contributed by atoms with Gasteiger partial charge in [0, 0.05) is 17.6 Å². The summed E-state index contributed by atoms with van der Waals surface area (Å²) in [5, 5.41) is 0. The maximum Gasteiger partial charge on any atom is 0.316 e. The number of esters is 1. The lowest BCUT2D eigenvalue weighted by atomic mass is 10.6. The summed E-state index contributed by atoms with van der Waals surface area (Å²) < 4.78 is 5.35. The molecule has 0 radical (unpaired) electrons. The highest BCUT2D eigenvalue weighted by molar-refractivity contribution is 8.01. The molecule has 0 bridgehead atoms. The number of methoxy groups -OCH3 is 1. The van der Waals surface area contributed by atoms with Crippen LogP contribution in [-0.4, -0.2) is 23.8 Å². The Morgan fingerprint density at radius 1 is 1.86 bits per heavy atom. The van der Waals surface area contributed by atoms with Crippen LogP contribution in [-0.2, 0) is 16.1 Å². The van der Waals surface area contributed by atoms with Crippen LogP contribution in [0.4, 0.5) is 0 Å². The number of nitrogens with zero attached hydrogens (tertiary/aromatic N) is 1. The van der Waals surface area contributed by atoms with Gasteiger partial charge in [-0.2, -0.15) is 0 Å². The highest BCUT2D eigenvalue weighted by Gasteiger charge is 2.05. The Morgan fingerprint density at radius 2 is 2.64 bits per heavy atom. The number of carbonyl (C=O) groups is 1. The zero-order valence-corrected chi connectivity index (χ0v) is 9.84. The van der Waals surface area contributed by atoms with Gasteiger partial charge in [-0.3, -0.25) is 4.79 Å². The topological polar surface area (TPSA) is 51.2 Å². The van der Waals surface area contributed by atoms with E-state index in [0.717, 1.165) is 9.22 Å². The minimum atomic E-state index is -0.248. The van der Waals surface area contributed by atoms with Gasteiger partial charge in [0.25, 0.3) is 0 Å². The molecule has 0 saturated heterocycles. The number of halogens is 1. The third-order valence-electron chi connectivity index (χ3n) is 1.31. The molecule has 0 aliphatic heterocycles. The quantitative estimate of drug-likeness (QED) is 0.491. The number of ether oxygens (including phenoxy) is 1. The molecule has 0 aliphatic carbocycles. The van der Waals surface area contributed by atoms with Crippen molar-refractivity contribution >= 4 is 40.8 Å². The van der Waals surface area contributed by atoms with Crippen LogP contribution in [0.5, 0.6) is 0 Å². The highest BCUT2D eigenvalue weighted by atomic mass is 35.5. The van der Waals surface area contributed by atoms with Gasteiger partial charge in [0.15, 0.2) is 4.34 Å². The number of carbonyl (C=O) groups excluding carboxylic acids is 1. The number of hydrogen-bond donors (Lipinski definition) is 1. The fourth-order valence-corrected chi connectivity index (χ4v) is 2.71. The van der Waals surface area contributed by atoms with Crippen LogP contribution >= 0.6 is 34.9 Å². The van der Waals surface area contributed by atoms with Crippen molar-refractivity contribution in [3.05, 3.63) is 11.1 Å². The second kappa shape index (κ2) is 6.23. The number of rotatable bonds is 5. The van der Waals surface area contributed by atoms with Crippen LogP contribution in [0, 0.1) is 0 Å². The third-order valence-corrected chi connectivity index (χ3v) is 3.58. The van der Waals surface area contributed by atoms with Crippen LogP contribution in [0.1, 0.15) is 4.88 Å². The molecule has 1 heterocycles. The van der Waals surface area contributed by atoms with E-state index in [4.69, 9.17) is 11.8 Å². The van der Waals surface area contributed by atoms with Crippen LogP contribution in [0.2, 0.25) is 0 Å². The van der Waals surface area contributed by atoms with Crippen molar-refractivity contribution in [1.29, 1.82) is 0 Å². The van der Waals surface area contributed by atoms with E-state index in [9.17, 15) is 4.79 Å². The Bertz CT molecular complexity index is 306. The smallest absolute Gasteiger partial charge is 0.316 e. The summed E-state index contributed by atoms with van der Waals surface area (Å²) in [6.45, 7) is 0.581. The van der Waals surface area contributed by atoms with Gasteiger partial charge in [0.2, 0.25) is 0 Å². The van der Waals surface area contributed by atoms with Crippen LogP contribution in [0.15, 0.2) is 10.5 Å². The van der Waals surface area contributed by atoms with Crippen LogP contribution in [0.25, 0.3) is 0 Å². The number of nitrogens with one attached hydrogen (secondary N) is 1. The predicted molar refractivity (Wildman–Crippen MR) is 57.5 cm³/mol. The molecule has 1 rings (SSSR count). The molecule has 1 aromatic heterocycles. The number of thioether (sulfide) groups is 1. The number of aromatic nitrogens is 1. The van der Waals surface area contributed by atoms with E-state index in [1.54, 1.807) is 6.20 Å². The molecular formula is C7H9ClN2O2S2. The SMILES string of the molecule is COC(=O)CSc1ncc(CNCl)s1. The summed E-state index contributed by atoms with van der Waals surface area (Å²) in [7, 11) is 1.37. The van der Waals surface area contributed by atoms with Crippen molar-refractivity contribution in [2.24, 2.45) is 0 Å². The first-order valence-corrected chi connectivity index (χ1v) is 5.92. The van der Waals surface area contributed by atoms with Gasteiger partial charge in [-0.25, -0.2) is 9.82 Å². The average molecular weight is 253 g/mol. The van der Waals surface area contributed by atoms with Gasteiger partial charge in [-0.1, -0.05) is 11.8 Å². The van der Waals surface area contributed by atoms with E-state index in [2.05, 4.69) is 14.6 Å². The fraction of sp³-hybridized carbons (Fsp3) is 0.429. The fourth-order valence-electron chi connectivity index (χ4n) is 0.683. The zero-order valence-electron chi connectivity index (χ0n) is 7.45. The first-order valence-electron chi connectivity index (χ1n) is 3.74. The van der Waals surface area contributed by atoms with Crippen molar-refractivity contribution in [2.45, 2.75) is 10.9 Å². The monoisotopic (exact) mass is 252 g/mol. The van der Waals surface area contributed by atoms with E-state index in [1.165, 1.54) is 30.2 Å². The lowest BCUT2D eigenvalue weighted by molar-refractivity contribution is -0.137. The summed E-state index contributed by atoms with van der Waals surface area (Å²) in [5.74, 6) is 0.0415. The molecule has 0 saturated carbocycles. The van der Waals surface area contributed by atoms with Crippen molar-refractivity contribution in [3.8, 4) is 0 Å². The van der Waals surface area contributed by atoms with Crippen LogP contribution in [0.3, 0.4) is 0 Å². The first-order chi connectivity index (χ1) is 6.76. The Morgan fingerprint density at radius 3 is 3.29 bits per heavy atom. The maximum atomic E-state index is 10.8. The molecule has 0 amide bonds. The van der Waals surface area contributed by atoms with E-state index in [0.29, 0.717) is 6.54 Å². The summed E-state index contributed by atoms with van der Waals surface area (Å²) in [5.41, 5.74) is 0. The minimum Gasteiger partial charge on any atom is -0.468 e. The Balaban J connectivity index is 2.39. The zero-order chi connectivity index (χ0) is 10.4. The molecule has 78 valence electrons. The lowest BCUT2D eigenvalue weighted by Crippen LogP contribution is -2.02. The molecule has 1 aromatic rings. The summed E-state index contributed by atoms with van der Waals surface area (Å²) in [4.78, 5) is 18.5. The maximum absolute atomic E-state index is 10.8. The van der Waals surface area contributed by atoms with Gasteiger partial charge >= 0.3 is 5.97 Å². The lowest BCUT2D eigenvalue weighted by Gasteiger charge is -1.95. The molecule has 7 heteroatoms. The molecule has 0 atom stereocenters. The average Bonchev–Trinajstić information content (AvgIpc) is 2.63. The van der Waals surface area contributed by atoms with Gasteiger partial charge < -0.3 is 4.74 Å². The molecular weight excluding hydrogens is 244 g/mol. The molecule has 0 aliphatic rings. The van der Waals surface area contributed by atoms with Gasteiger partial charge in [0.1, 0.15) is 0 Å². The van der Waals surface area contributed by atoms with Gasteiger partial charge in [-0.05, 0) is 11.8 Å². The van der Waals surface area contributed by atoms with E-state index in [1.807, 2.05) is 0 Å². The van der Waals surface area contributed by atoms with Crippen molar-refractivity contribution < 1.29 is 9.53 Å². The van der Waals surface area contributed by atoms with E-state index in [-0.39, 0.29) is 11.7 Å². The summed E-state index contributed by atoms with van der Waals surface area (Å²) in [6.07, 6.45) is 1.74. The molecule has 0 fully saturated rings. The van der Waals surface area contributed by atoms with Gasteiger partial charge in [-0.15, -0.1) is 11.3 Å². The second-order valence-electron chi connectivity index (χ2n) is 2.27. The Hall–Kier alpha value is -0.300. The number of hydrogen-bond acceptors (Lipinski definition) is 6. The van der Waals surface area contributed by atoms with E-state index < -0.39 is 0 Å². The molecule has 0 aromatic carbocycles. The summed E-state index contributed by atoms with van der Waals surface area (Å²) >= 11 is 8.21. The molecule has 14 heavy (non-hydrogen) atoms. The third kappa shape index (κ3) is 3.83. The predicted octanol–water partition coefficient (Wildman–Crippen LogP) is 1.65. The molecule has 0 spiro atoms. The van der Waals surface area contributed by atoms with Crippen molar-refractivity contribution in [1.82, 2.24) is 9.82 Å². The Kier molecular flexibility index (Phi) is 5.24. The first kappa shape index (κ1) is 11.8. The summed E-state index contributed by atoms with van der Waals surface area (Å²) in [6, 6.07) is 0. The van der Waals surface area contributed by atoms with Crippen molar-refractivity contribution in [3.63, 3.8) is 0 Å². The van der Waals surface area contributed by atoms with Gasteiger partial charge in [0.05, 0.1) is 12.9 Å².